The number of hydrogen-bond donors (Lipinski definition) is 0. The van der Waals surface area contributed by atoms with Gasteiger partial charge in [-0.1, -0.05) is 285 Å². The topological polar surface area (TPSA) is 78.9 Å². The van der Waals surface area contributed by atoms with Gasteiger partial charge in [-0.25, -0.2) is 0 Å². The molecule has 0 radical (unpaired) electrons. The van der Waals surface area contributed by atoms with Gasteiger partial charge in [-0.3, -0.25) is 14.4 Å². The molecule has 0 aliphatic heterocycles. The molecule has 0 fully saturated rings. The molecule has 1 unspecified atom stereocenters. The average Bonchev–Trinajstić information content (AvgIpc) is 3.40. The van der Waals surface area contributed by atoms with E-state index in [0.717, 1.165) is 83.5 Å². The number of unbranched alkanes of at least 4 members (excludes halogenated alkanes) is 29. The number of rotatable bonds is 56. The molecule has 0 heterocycles. The van der Waals surface area contributed by atoms with Crippen molar-refractivity contribution >= 4 is 17.9 Å². The zero-order valence-corrected chi connectivity index (χ0v) is 48.6. The second kappa shape index (κ2) is 61.9. The van der Waals surface area contributed by atoms with Crippen LogP contribution in [0.3, 0.4) is 0 Å². The van der Waals surface area contributed by atoms with Crippen molar-refractivity contribution in [1.82, 2.24) is 0 Å². The molecular weight excluding hydrogens is 913 g/mol. The molecule has 6 nitrogen and oxygen atoms in total. The highest BCUT2D eigenvalue weighted by atomic mass is 16.6. The molecule has 0 bridgehead atoms. The monoisotopic (exact) mass is 1030 g/mol. The van der Waals surface area contributed by atoms with E-state index in [1.165, 1.54) is 167 Å². The number of carbonyl (C=O) groups is 3. The van der Waals surface area contributed by atoms with Gasteiger partial charge in [0.05, 0.1) is 0 Å². The molecule has 0 aromatic rings. The minimum atomic E-state index is -0.817. The van der Waals surface area contributed by atoms with Crippen LogP contribution in [0, 0.1) is 0 Å². The molecule has 0 aliphatic carbocycles. The van der Waals surface area contributed by atoms with E-state index in [0.29, 0.717) is 19.3 Å². The maximum Gasteiger partial charge on any atom is 0.306 e. The van der Waals surface area contributed by atoms with Gasteiger partial charge in [-0.15, -0.1) is 0 Å². The molecule has 0 spiro atoms. The van der Waals surface area contributed by atoms with Crippen LogP contribution in [-0.2, 0) is 28.6 Å². The number of ether oxygens (including phenoxy) is 3. The largest absolute Gasteiger partial charge is 0.462 e. The zero-order valence-electron chi connectivity index (χ0n) is 48.6. The van der Waals surface area contributed by atoms with Crippen LogP contribution >= 0.6 is 0 Å². The maximum atomic E-state index is 12.8. The molecule has 0 aromatic heterocycles. The molecule has 0 aliphatic rings. The Bertz CT molecular complexity index is 1460. The third-order valence-corrected chi connectivity index (χ3v) is 13.3. The van der Waals surface area contributed by atoms with Gasteiger partial charge in [0.1, 0.15) is 13.2 Å². The van der Waals surface area contributed by atoms with E-state index in [-0.39, 0.29) is 37.5 Å². The summed E-state index contributed by atoms with van der Waals surface area (Å²) in [7, 11) is 0. The lowest BCUT2D eigenvalue weighted by molar-refractivity contribution is -0.166. The van der Waals surface area contributed by atoms with Crippen LogP contribution in [0.25, 0.3) is 0 Å². The van der Waals surface area contributed by atoms with Gasteiger partial charge in [-0.05, 0) is 89.9 Å². The standard InChI is InChI=1S/C68H116O6/c1-4-7-10-13-16-19-22-25-27-29-31-32-33-34-35-36-38-39-41-43-46-49-52-55-58-61-67(70)73-64-65(63-72-66(69)60-57-54-51-48-45-24-21-18-15-12-9-6-3)74-68(71)62-59-56-53-50-47-44-42-40-37-30-28-26-23-20-17-14-11-8-5-2/h8,11,17,20,22,25-26,28-29,31,37,40,44,47,53,56,65H,4-7,9-10,12-16,18-19,21,23-24,27,30,32-36,38-39,41-43,45-46,48-52,54-55,57-64H2,1-3H3/b11-8-,20-17-,25-22-,28-26-,31-29-,40-37-,47-44-,56-53-. The number of esters is 3. The first kappa shape index (κ1) is 70.3. The molecule has 0 amide bonds. The molecule has 0 saturated carbocycles. The van der Waals surface area contributed by atoms with Crippen molar-refractivity contribution in [2.75, 3.05) is 13.2 Å². The molecule has 0 N–H and O–H groups in total. The maximum absolute atomic E-state index is 12.8. The first-order chi connectivity index (χ1) is 36.5. The quantitative estimate of drug-likeness (QED) is 0.0261. The minimum Gasteiger partial charge on any atom is -0.462 e. The van der Waals surface area contributed by atoms with E-state index < -0.39 is 6.10 Å². The minimum absolute atomic E-state index is 0.105. The van der Waals surface area contributed by atoms with Gasteiger partial charge in [0.15, 0.2) is 6.10 Å². The van der Waals surface area contributed by atoms with Crippen LogP contribution in [0.4, 0.5) is 0 Å². The van der Waals surface area contributed by atoms with Crippen molar-refractivity contribution < 1.29 is 28.6 Å². The average molecular weight is 1030 g/mol. The second-order valence-electron chi connectivity index (χ2n) is 20.6. The zero-order chi connectivity index (χ0) is 53.6. The first-order valence-corrected chi connectivity index (χ1v) is 31.2. The van der Waals surface area contributed by atoms with Gasteiger partial charge >= 0.3 is 17.9 Å². The summed E-state index contributed by atoms with van der Waals surface area (Å²) in [6, 6.07) is 0. The number of hydrogen-bond acceptors (Lipinski definition) is 6. The lowest BCUT2D eigenvalue weighted by Crippen LogP contribution is -2.30. The van der Waals surface area contributed by atoms with Crippen molar-refractivity contribution in [3.8, 4) is 0 Å². The van der Waals surface area contributed by atoms with E-state index in [4.69, 9.17) is 14.2 Å². The number of carbonyl (C=O) groups excluding carboxylic acids is 3. The fraction of sp³-hybridized carbons (Fsp3) is 0.721. The summed E-state index contributed by atoms with van der Waals surface area (Å²) in [6.45, 7) is 6.47. The van der Waals surface area contributed by atoms with Gasteiger partial charge in [-0.2, -0.15) is 0 Å². The molecule has 0 rings (SSSR count). The predicted octanol–water partition coefficient (Wildman–Crippen LogP) is 21.3. The van der Waals surface area contributed by atoms with Crippen molar-refractivity contribution in [1.29, 1.82) is 0 Å². The van der Waals surface area contributed by atoms with E-state index in [9.17, 15) is 14.4 Å². The van der Waals surface area contributed by atoms with Gasteiger partial charge in [0.2, 0.25) is 0 Å². The molecule has 0 saturated heterocycles. The lowest BCUT2D eigenvalue weighted by Gasteiger charge is -2.18. The van der Waals surface area contributed by atoms with E-state index >= 15 is 0 Å². The smallest absolute Gasteiger partial charge is 0.306 e. The van der Waals surface area contributed by atoms with E-state index in [2.05, 4.69) is 112 Å². The third-order valence-electron chi connectivity index (χ3n) is 13.3. The summed E-state index contributed by atoms with van der Waals surface area (Å²) in [5.41, 5.74) is 0. The highest BCUT2D eigenvalue weighted by molar-refractivity contribution is 5.71. The second-order valence-corrected chi connectivity index (χ2v) is 20.6. The Morgan fingerprint density at radius 2 is 0.554 bits per heavy atom. The SMILES string of the molecule is CC/C=C\C/C=C\C/C=C\C/C=C\C/C=C\C/C=C\CCC(=O)OC(COC(=O)CCCCCCCCCCCCCC)COC(=O)CCCCCCCCCCCCCCC/C=C\C/C=C\CCCCCCC. The van der Waals surface area contributed by atoms with Crippen molar-refractivity contribution in [2.45, 2.75) is 303 Å². The Hall–Kier alpha value is -3.67. The van der Waals surface area contributed by atoms with Crippen LogP contribution in [-0.4, -0.2) is 37.2 Å². The lowest BCUT2D eigenvalue weighted by atomic mass is 10.0. The van der Waals surface area contributed by atoms with Crippen molar-refractivity contribution in [3.63, 3.8) is 0 Å². The van der Waals surface area contributed by atoms with Crippen LogP contribution in [0.1, 0.15) is 297 Å². The molecular formula is C68H116O6. The van der Waals surface area contributed by atoms with Gasteiger partial charge < -0.3 is 14.2 Å². The van der Waals surface area contributed by atoms with E-state index in [1.54, 1.807) is 0 Å². The van der Waals surface area contributed by atoms with Crippen LogP contribution < -0.4 is 0 Å². The Labute approximate surface area is 457 Å². The molecule has 424 valence electrons. The molecule has 6 heteroatoms. The van der Waals surface area contributed by atoms with Crippen LogP contribution in [0.5, 0.6) is 0 Å². The summed E-state index contributed by atoms with van der Waals surface area (Å²) in [6.07, 6.45) is 82.8. The van der Waals surface area contributed by atoms with Crippen LogP contribution in [0.15, 0.2) is 97.2 Å². The van der Waals surface area contributed by atoms with Crippen molar-refractivity contribution in [3.05, 3.63) is 97.2 Å². The summed E-state index contributed by atoms with van der Waals surface area (Å²) >= 11 is 0. The Morgan fingerprint density at radius 3 is 0.878 bits per heavy atom. The van der Waals surface area contributed by atoms with Gasteiger partial charge in [0, 0.05) is 19.3 Å². The van der Waals surface area contributed by atoms with E-state index in [1.807, 2.05) is 6.08 Å². The Morgan fingerprint density at radius 1 is 0.284 bits per heavy atom. The fourth-order valence-corrected chi connectivity index (χ4v) is 8.68. The highest BCUT2D eigenvalue weighted by Gasteiger charge is 2.19. The highest BCUT2D eigenvalue weighted by Crippen LogP contribution is 2.16. The number of allylic oxidation sites excluding steroid dienone is 16. The molecule has 1 atom stereocenters. The van der Waals surface area contributed by atoms with Crippen molar-refractivity contribution in [2.24, 2.45) is 0 Å². The Kier molecular flexibility index (Phi) is 58.8. The fourth-order valence-electron chi connectivity index (χ4n) is 8.68. The Balaban J connectivity index is 4.37. The first-order valence-electron chi connectivity index (χ1n) is 31.2. The third kappa shape index (κ3) is 59.2. The molecule has 74 heavy (non-hydrogen) atoms. The summed E-state index contributed by atoms with van der Waals surface area (Å²) in [5.74, 6) is -0.983. The molecule has 0 aromatic carbocycles. The summed E-state index contributed by atoms with van der Waals surface area (Å²) in [5, 5.41) is 0. The van der Waals surface area contributed by atoms with Crippen LogP contribution in [0.2, 0.25) is 0 Å². The van der Waals surface area contributed by atoms with Gasteiger partial charge in [0.25, 0.3) is 0 Å². The predicted molar refractivity (Wildman–Crippen MR) is 320 cm³/mol. The normalized spacial score (nSPS) is 12.7. The summed E-state index contributed by atoms with van der Waals surface area (Å²) < 4.78 is 16.8. The summed E-state index contributed by atoms with van der Waals surface area (Å²) in [4.78, 5) is 38.2.